The summed E-state index contributed by atoms with van der Waals surface area (Å²) in [5.74, 6) is -15.6. The lowest BCUT2D eigenvalue weighted by molar-refractivity contribution is -0.342. The van der Waals surface area contributed by atoms with Crippen molar-refractivity contribution < 1.29 is 44.3 Å². The van der Waals surface area contributed by atoms with Crippen LogP contribution in [0.5, 0.6) is 11.5 Å². The normalized spacial score (nSPS) is 18.1. The molecule has 3 rings (SSSR count). The van der Waals surface area contributed by atoms with E-state index in [1.54, 1.807) is 6.07 Å². The summed E-state index contributed by atoms with van der Waals surface area (Å²) in [5, 5.41) is 9.04. The summed E-state index contributed by atoms with van der Waals surface area (Å²) in [6.07, 6.45) is -3.58. The van der Waals surface area contributed by atoms with Gasteiger partial charge in [-0.3, -0.25) is 0 Å². The largest absolute Gasteiger partial charge is 0.457 e. The van der Waals surface area contributed by atoms with Gasteiger partial charge >= 0.3 is 11.8 Å². The van der Waals surface area contributed by atoms with Gasteiger partial charge in [0, 0.05) is 17.2 Å². The molecule has 2 aromatic carbocycles. The summed E-state index contributed by atoms with van der Waals surface area (Å²) in [6, 6.07) is 5.56. The molecule has 4 nitrogen and oxygen atoms in total. The van der Waals surface area contributed by atoms with Crippen molar-refractivity contribution in [3.05, 3.63) is 58.4 Å². The number of hydrogen-bond acceptors (Lipinski definition) is 4. The molecule has 13 heteroatoms. The molecule has 1 aliphatic carbocycles. The minimum Gasteiger partial charge on any atom is -0.457 e. The number of benzene rings is 2. The second-order valence-corrected chi connectivity index (χ2v) is 19.1. The summed E-state index contributed by atoms with van der Waals surface area (Å²) < 4.78 is 122. The van der Waals surface area contributed by atoms with Crippen LogP contribution < -0.4 is 4.74 Å². The van der Waals surface area contributed by atoms with Gasteiger partial charge in [-0.1, -0.05) is 0 Å². The van der Waals surface area contributed by atoms with Crippen LogP contribution in [0.2, 0.25) is 39.3 Å². The molecule has 1 aliphatic rings. The van der Waals surface area contributed by atoms with E-state index >= 15 is 17.6 Å². The monoisotopic (exact) mass is 551 g/mol. The van der Waals surface area contributed by atoms with Crippen LogP contribution in [0.1, 0.15) is 28.7 Å². The molecule has 0 aliphatic heterocycles. The Labute approximate surface area is 205 Å². The van der Waals surface area contributed by atoms with Crippen molar-refractivity contribution in [2.45, 2.75) is 63.3 Å². The van der Waals surface area contributed by atoms with Gasteiger partial charge in [-0.15, -0.1) is 0 Å². The topological polar surface area (TPSA) is 51.5 Å². The molecule has 36 heavy (non-hydrogen) atoms. The zero-order valence-corrected chi connectivity index (χ0v) is 22.3. The predicted octanol–water partition coefficient (Wildman–Crippen LogP) is 8.02. The maximum atomic E-state index is 15.7. The summed E-state index contributed by atoms with van der Waals surface area (Å²) in [5.41, 5.74) is -4.07. The molecule has 0 saturated heterocycles. The Balaban J connectivity index is 2.40. The Hall–Kier alpha value is -2.41. The van der Waals surface area contributed by atoms with Crippen LogP contribution in [0.3, 0.4) is 0 Å². The number of hydrogen-bond donors (Lipinski definition) is 0. The van der Waals surface area contributed by atoms with Gasteiger partial charge in [0.2, 0.25) is 0 Å². The molecule has 0 amide bonds. The van der Waals surface area contributed by atoms with Crippen LogP contribution in [0.25, 0.3) is 0 Å². The van der Waals surface area contributed by atoms with E-state index in [1.165, 1.54) is 39.3 Å². The Morgan fingerprint density at radius 3 is 1.92 bits per heavy atom. The second-order valence-electron chi connectivity index (χ2n) is 10.3. The molecular weight excluding hydrogens is 527 g/mol. The van der Waals surface area contributed by atoms with Gasteiger partial charge in [-0.05, 0) is 63.5 Å². The molecule has 0 radical (unpaired) electrons. The summed E-state index contributed by atoms with van der Waals surface area (Å²) >= 11 is 0. The number of nitrogens with zero attached hydrogens (tertiary/aromatic N) is 1. The van der Waals surface area contributed by atoms with E-state index in [1.807, 2.05) is 0 Å². The smallest absolute Gasteiger partial charge is 0.369 e. The van der Waals surface area contributed by atoms with E-state index in [2.05, 4.69) is 0 Å². The zero-order chi connectivity index (χ0) is 27.5. The van der Waals surface area contributed by atoms with Crippen LogP contribution >= 0.6 is 0 Å². The van der Waals surface area contributed by atoms with E-state index in [9.17, 15) is 13.2 Å². The Bertz CT molecular complexity index is 1200. The van der Waals surface area contributed by atoms with Crippen LogP contribution in [0.15, 0.2) is 30.3 Å². The molecule has 0 bridgehead atoms. The van der Waals surface area contributed by atoms with Crippen LogP contribution in [0.4, 0.5) is 30.7 Å². The van der Waals surface area contributed by atoms with Crippen molar-refractivity contribution in [1.29, 1.82) is 5.26 Å². The Kier molecular flexibility index (Phi) is 6.93. The highest BCUT2D eigenvalue weighted by atomic mass is 28.4. The van der Waals surface area contributed by atoms with Gasteiger partial charge in [0.05, 0.1) is 17.2 Å². The van der Waals surface area contributed by atoms with Crippen molar-refractivity contribution >= 4 is 16.6 Å². The van der Waals surface area contributed by atoms with Gasteiger partial charge in [0.1, 0.15) is 17.3 Å². The molecule has 0 heterocycles. The first-order chi connectivity index (χ1) is 16.3. The van der Waals surface area contributed by atoms with E-state index < -0.39 is 74.7 Å². The first-order valence-corrected chi connectivity index (χ1v) is 17.6. The molecular formula is C23H24F7NO3Si2. The Morgan fingerprint density at radius 1 is 0.889 bits per heavy atom. The van der Waals surface area contributed by atoms with Crippen molar-refractivity contribution in [1.82, 2.24) is 0 Å². The summed E-state index contributed by atoms with van der Waals surface area (Å²) in [4.78, 5) is 0. The average Bonchev–Trinajstić information content (AvgIpc) is 2.80. The third kappa shape index (κ3) is 4.79. The predicted molar refractivity (Wildman–Crippen MR) is 122 cm³/mol. The molecule has 0 atom stereocenters. The van der Waals surface area contributed by atoms with Crippen molar-refractivity contribution in [3.63, 3.8) is 0 Å². The number of halogens is 7. The fourth-order valence-corrected chi connectivity index (χ4v) is 6.33. The maximum absolute atomic E-state index is 15.7. The second kappa shape index (κ2) is 8.86. The van der Waals surface area contributed by atoms with E-state index in [-0.39, 0.29) is 5.56 Å². The lowest BCUT2D eigenvalue weighted by Crippen LogP contribution is -2.59. The highest BCUT2D eigenvalue weighted by Gasteiger charge is 2.80. The van der Waals surface area contributed by atoms with Gasteiger partial charge < -0.3 is 13.6 Å². The van der Waals surface area contributed by atoms with E-state index in [0.717, 1.165) is 18.2 Å². The third-order valence-corrected chi connectivity index (χ3v) is 6.83. The SMILES string of the molecule is C[Si](C)(C)OC1(O[Si](C)(C)C)c2c(ccc(Oc3cc(F)cc(C#N)c3)c2C(F)F)C(F)(F)C1(F)F. The standard InChI is InChI=1S/C23H24F7NO3Si2/c1-35(2,3)33-22(34-36(4,5)6)19-16(21(27,28)23(22,29)30)7-8-17(18(19)20(25)26)32-15-10-13(12-31)9-14(24)11-15/h7-11,20H,1-6H3. The number of alkyl halides is 6. The molecule has 0 aromatic heterocycles. The molecule has 0 N–H and O–H groups in total. The average molecular weight is 552 g/mol. The summed E-state index contributed by atoms with van der Waals surface area (Å²) in [7, 11) is -6.34. The molecule has 2 aromatic rings. The first-order valence-electron chi connectivity index (χ1n) is 10.8. The fraction of sp³-hybridized carbons (Fsp3) is 0.435. The van der Waals surface area contributed by atoms with E-state index in [4.69, 9.17) is 18.9 Å². The van der Waals surface area contributed by atoms with Gasteiger partial charge in [-0.2, -0.15) is 22.8 Å². The quantitative estimate of drug-likeness (QED) is 0.199. The van der Waals surface area contributed by atoms with Crippen LogP contribution in [-0.4, -0.2) is 22.6 Å². The highest BCUT2D eigenvalue weighted by Crippen LogP contribution is 2.66. The van der Waals surface area contributed by atoms with Crippen molar-refractivity contribution in [3.8, 4) is 17.6 Å². The number of rotatable bonds is 7. The van der Waals surface area contributed by atoms with Crippen molar-refractivity contribution in [2.24, 2.45) is 0 Å². The highest BCUT2D eigenvalue weighted by molar-refractivity contribution is 6.71. The number of ether oxygens (including phenoxy) is 1. The minimum atomic E-state index is -5.06. The molecule has 0 spiro atoms. The van der Waals surface area contributed by atoms with Crippen LogP contribution in [-0.2, 0) is 20.6 Å². The molecule has 196 valence electrons. The number of fused-ring (bicyclic) bond motifs is 1. The lowest BCUT2D eigenvalue weighted by Gasteiger charge is -2.44. The van der Waals surface area contributed by atoms with Gasteiger partial charge in [0.15, 0.2) is 16.6 Å². The molecule has 0 fully saturated rings. The third-order valence-electron chi connectivity index (χ3n) is 5.03. The fourth-order valence-electron chi connectivity index (χ4n) is 3.98. The zero-order valence-electron chi connectivity index (χ0n) is 20.3. The van der Waals surface area contributed by atoms with Gasteiger partial charge in [0.25, 0.3) is 12.2 Å². The lowest BCUT2D eigenvalue weighted by atomic mass is 9.98. The first kappa shape index (κ1) is 28.2. The Morgan fingerprint density at radius 2 is 1.44 bits per heavy atom. The van der Waals surface area contributed by atoms with Gasteiger partial charge in [-0.25, -0.2) is 13.2 Å². The molecule has 0 saturated carbocycles. The van der Waals surface area contributed by atoms with E-state index in [0.29, 0.717) is 12.1 Å². The molecule has 0 unspecified atom stereocenters. The summed E-state index contributed by atoms with van der Waals surface area (Å²) in [6.45, 7) is 8.63. The van der Waals surface area contributed by atoms with Crippen LogP contribution in [0, 0.1) is 17.1 Å². The van der Waals surface area contributed by atoms with Crippen molar-refractivity contribution in [2.75, 3.05) is 0 Å². The minimum absolute atomic E-state index is 0.207. The maximum Gasteiger partial charge on any atom is 0.369 e. The number of nitriles is 1.